The number of hydrogen-bond donors (Lipinski definition) is 0. The Labute approximate surface area is 463 Å². The Morgan fingerprint density at radius 2 is 0.520 bits per heavy atom. The molecule has 0 heterocycles. The van der Waals surface area contributed by atoms with Crippen LogP contribution in [0, 0.1) is 0 Å². The number of hydrogen-bond acceptors (Lipinski definition) is 6. The number of carbonyl (C=O) groups is 3. The highest BCUT2D eigenvalue weighted by atomic mass is 16.6. The minimum Gasteiger partial charge on any atom is -0.462 e. The zero-order valence-corrected chi connectivity index (χ0v) is 49.0. The maximum Gasteiger partial charge on any atom is 0.306 e. The van der Waals surface area contributed by atoms with Crippen molar-refractivity contribution in [3.63, 3.8) is 0 Å². The fourth-order valence-electron chi connectivity index (χ4n) is 8.64. The third-order valence-electron chi connectivity index (χ3n) is 13.3. The lowest BCUT2D eigenvalue weighted by Gasteiger charge is -2.18. The molecule has 0 saturated carbocycles. The molecule has 428 valence electrons. The van der Waals surface area contributed by atoms with Gasteiger partial charge in [0.25, 0.3) is 0 Å². The Morgan fingerprint density at radius 1 is 0.280 bits per heavy atom. The lowest BCUT2D eigenvalue weighted by atomic mass is 10.0. The highest BCUT2D eigenvalue weighted by molar-refractivity contribution is 5.71. The molecule has 0 radical (unpaired) electrons. The van der Waals surface area contributed by atoms with E-state index in [9.17, 15) is 14.4 Å². The Hall–Kier alpha value is -3.93. The van der Waals surface area contributed by atoms with Crippen LogP contribution >= 0.6 is 0 Å². The van der Waals surface area contributed by atoms with Gasteiger partial charge in [0, 0.05) is 19.3 Å². The standard InChI is InChI=1S/C69H116O6/c1-4-7-10-13-16-19-22-25-28-30-31-32-33-34-35-36-37-39-41-44-47-50-53-56-59-62-68(71)74-65-66(64-73-67(70)61-58-55-52-49-46-43-40-27-24-21-18-15-12-9-6-3)75-69(72)63-60-57-54-51-48-45-42-38-29-26-23-20-17-14-11-8-5-2/h7,9-10,12,16,18-19,21,25,27-28,31-32,34-35,40,46,49,66H,4-6,8,11,13-15,17,20,22-24,26,29-30,33,36-39,41-45,47-48,50-65H2,1-3H3/b10-7-,12-9-,19-16-,21-18-,28-25-,32-31-,35-34-,40-27-,49-46-. The van der Waals surface area contributed by atoms with E-state index in [1.54, 1.807) is 0 Å². The van der Waals surface area contributed by atoms with Crippen LogP contribution in [0.4, 0.5) is 0 Å². The molecular formula is C69H116O6. The topological polar surface area (TPSA) is 78.9 Å². The molecule has 0 bridgehead atoms. The van der Waals surface area contributed by atoms with Gasteiger partial charge in [-0.05, 0) is 103 Å². The average Bonchev–Trinajstić information content (AvgIpc) is 3.41. The summed E-state index contributed by atoms with van der Waals surface area (Å²) in [5, 5.41) is 0. The van der Waals surface area contributed by atoms with E-state index in [4.69, 9.17) is 14.2 Å². The largest absolute Gasteiger partial charge is 0.462 e. The Balaban J connectivity index is 4.38. The van der Waals surface area contributed by atoms with Gasteiger partial charge in [-0.2, -0.15) is 0 Å². The molecule has 75 heavy (non-hydrogen) atoms. The molecule has 0 aliphatic carbocycles. The number of carbonyl (C=O) groups excluding carboxylic acids is 3. The number of unbranched alkanes of at least 4 members (excludes halogenated alkanes) is 27. The van der Waals surface area contributed by atoms with E-state index in [0.717, 1.165) is 122 Å². The summed E-state index contributed by atoms with van der Waals surface area (Å²) in [6, 6.07) is 0. The lowest BCUT2D eigenvalue weighted by molar-refractivity contribution is -0.167. The molecule has 6 heteroatoms. The zero-order valence-electron chi connectivity index (χ0n) is 49.0. The number of rotatable bonds is 56. The van der Waals surface area contributed by atoms with Gasteiger partial charge in [-0.25, -0.2) is 0 Å². The molecule has 0 aromatic carbocycles. The predicted octanol–water partition coefficient (Wildman–Crippen LogP) is 21.4. The molecule has 6 nitrogen and oxygen atoms in total. The van der Waals surface area contributed by atoms with Crippen LogP contribution in [0.5, 0.6) is 0 Å². The van der Waals surface area contributed by atoms with Gasteiger partial charge >= 0.3 is 17.9 Å². The molecule has 0 aliphatic rings. The molecular weight excluding hydrogens is 925 g/mol. The maximum atomic E-state index is 12.9. The molecule has 0 aliphatic heterocycles. The summed E-state index contributed by atoms with van der Waals surface area (Å²) in [6.45, 7) is 6.40. The lowest BCUT2D eigenvalue weighted by Crippen LogP contribution is -2.30. The van der Waals surface area contributed by atoms with E-state index in [-0.39, 0.29) is 31.1 Å². The van der Waals surface area contributed by atoms with Crippen LogP contribution < -0.4 is 0 Å². The summed E-state index contributed by atoms with van der Waals surface area (Å²) in [5.41, 5.74) is 0. The molecule has 1 atom stereocenters. The van der Waals surface area contributed by atoms with E-state index in [0.29, 0.717) is 19.3 Å². The van der Waals surface area contributed by atoms with Crippen LogP contribution in [-0.2, 0) is 28.6 Å². The van der Waals surface area contributed by atoms with Gasteiger partial charge < -0.3 is 14.2 Å². The minimum absolute atomic E-state index is 0.0934. The van der Waals surface area contributed by atoms with Crippen molar-refractivity contribution in [1.29, 1.82) is 0 Å². The van der Waals surface area contributed by atoms with Gasteiger partial charge in [-0.1, -0.05) is 278 Å². The fraction of sp³-hybridized carbons (Fsp3) is 0.696. The molecule has 0 rings (SSSR count). The first-order valence-corrected chi connectivity index (χ1v) is 31.4. The van der Waals surface area contributed by atoms with Gasteiger partial charge in [0.05, 0.1) is 0 Å². The molecule has 1 unspecified atom stereocenters. The van der Waals surface area contributed by atoms with Crippen LogP contribution in [0.1, 0.15) is 290 Å². The first-order chi connectivity index (χ1) is 37.0. The quantitative estimate of drug-likeness (QED) is 0.0261. The first kappa shape index (κ1) is 71.1. The maximum absolute atomic E-state index is 12.9. The average molecular weight is 1040 g/mol. The number of ether oxygens (including phenoxy) is 3. The second kappa shape index (κ2) is 62.6. The SMILES string of the molecule is CC/C=C\C/C=C\C/C=C\C/C=C\C/C=C\CCCCCCCCCCCC(=O)OCC(COC(=O)CCCC/C=C\C/C=C\C/C=C\C/C=C\CC)OC(=O)CCCCCCCCCCCCCCCCCCC. The summed E-state index contributed by atoms with van der Waals surface area (Å²) < 4.78 is 16.9. The van der Waals surface area contributed by atoms with Crippen LogP contribution in [0.2, 0.25) is 0 Å². The third-order valence-corrected chi connectivity index (χ3v) is 13.3. The van der Waals surface area contributed by atoms with Crippen LogP contribution in [-0.4, -0.2) is 37.2 Å². The molecule has 0 spiro atoms. The van der Waals surface area contributed by atoms with Gasteiger partial charge in [0.1, 0.15) is 13.2 Å². The highest BCUT2D eigenvalue weighted by Gasteiger charge is 2.19. The monoisotopic (exact) mass is 1040 g/mol. The summed E-state index contributed by atoms with van der Waals surface area (Å²) in [7, 11) is 0. The Kier molecular flexibility index (Phi) is 59.3. The molecule has 0 N–H and O–H groups in total. The Morgan fingerprint density at radius 3 is 0.840 bits per heavy atom. The number of esters is 3. The minimum atomic E-state index is -0.798. The van der Waals surface area contributed by atoms with Gasteiger partial charge in [0.15, 0.2) is 6.10 Å². The molecule has 0 fully saturated rings. The second-order valence-corrected chi connectivity index (χ2v) is 20.6. The van der Waals surface area contributed by atoms with Crippen molar-refractivity contribution >= 4 is 17.9 Å². The van der Waals surface area contributed by atoms with Gasteiger partial charge in [0.2, 0.25) is 0 Å². The summed E-state index contributed by atoms with van der Waals surface area (Å²) in [6.07, 6.45) is 85.2. The van der Waals surface area contributed by atoms with Crippen molar-refractivity contribution in [2.75, 3.05) is 13.2 Å². The van der Waals surface area contributed by atoms with Gasteiger partial charge in [-0.3, -0.25) is 14.4 Å². The molecule has 0 amide bonds. The van der Waals surface area contributed by atoms with Crippen molar-refractivity contribution in [2.24, 2.45) is 0 Å². The van der Waals surface area contributed by atoms with Crippen molar-refractivity contribution in [3.8, 4) is 0 Å². The fourth-order valence-corrected chi connectivity index (χ4v) is 8.64. The molecule has 0 saturated heterocycles. The van der Waals surface area contributed by atoms with E-state index < -0.39 is 6.10 Å². The van der Waals surface area contributed by atoms with Crippen molar-refractivity contribution in [1.82, 2.24) is 0 Å². The van der Waals surface area contributed by atoms with Crippen molar-refractivity contribution in [2.45, 2.75) is 297 Å². The van der Waals surface area contributed by atoms with E-state index in [1.807, 2.05) is 0 Å². The van der Waals surface area contributed by atoms with E-state index >= 15 is 0 Å². The summed E-state index contributed by atoms with van der Waals surface area (Å²) in [4.78, 5) is 38.3. The number of allylic oxidation sites excluding steroid dienone is 18. The smallest absolute Gasteiger partial charge is 0.306 e. The van der Waals surface area contributed by atoms with E-state index in [1.165, 1.54) is 128 Å². The Bertz CT molecular complexity index is 1520. The van der Waals surface area contributed by atoms with Crippen LogP contribution in [0.15, 0.2) is 109 Å². The normalized spacial score (nSPS) is 12.8. The van der Waals surface area contributed by atoms with Crippen LogP contribution in [0.3, 0.4) is 0 Å². The summed E-state index contributed by atoms with van der Waals surface area (Å²) >= 11 is 0. The second-order valence-electron chi connectivity index (χ2n) is 20.6. The highest BCUT2D eigenvalue weighted by Crippen LogP contribution is 2.16. The molecule has 0 aromatic heterocycles. The van der Waals surface area contributed by atoms with E-state index in [2.05, 4.69) is 130 Å². The van der Waals surface area contributed by atoms with Crippen molar-refractivity contribution < 1.29 is 28.6 Å². The third kappa shape index (κ3) is 60.8. The predicted molar refractivity (Wildman–Crippen MR) is 325 cm³/mol. The van der Waals surface area contributed by atoms with Gasteiger partial charge in [-0.15, -0.1) is 0 Å². The zero-order chi connectivity index (χ0) is 54.3. The molecule has 0 aromatic rings. The van der Waals surface area contributed by atoms with Crippen molar-refractivity contribution in [3.05, 3.63) is 109 Å². The first-order valence-electron chi connectivity index (χ1n) is 31.4. The van der Waals surface area contributed by atoms with Crippen LogP contribution in [0.25, 0.3) is 0 Å². The summed E-state index contributed by atoms with van der Waals surface area (Å²) in [5.74, 6) is -0.933.